The van der Waals surface area contributed by atoms with Crippen LogP contribution in [0.15, 0.2) is 54.6 Å². The number of rotatable bonds is 8. The minimum Gasteiger partial charge on any atom is -0.455 e. The standard InChI is InChI=1S/C19H22N2O3/c22-13-12-21(15-10-11-15)14-19(23)20-17-8-4-5-9-18(17)24-16-6-2-1-3-7-16/h1-9,15,22H,10-14H2,(H,20,23). The monoisotopic (exact) mass is 326 g/mol. The Morgan fingerprint density at radius 3 is 2.54 bits per heavy atom. The van der Waals surface area contributed by atoms with Crippen molar-refractivity contribution in [3.05, 3.63) is 54.6 Å². The summed E-state index contributed by atoms with van der Waals surface area (Å²) in [6.07, 6.45) is 2.20. The van der Waals surface area contributed by atoms with Gasteiger partial charge in [-0.3, -0.25) is 9.69 Å². The lowest BCUT2D eigenvalue weighted by Crippen LogP contribution is -2.36. The van der Waals surface area contributed by atoms with Crippen LogP contribution >= 0.6 is 0 Å². The van der Waals surface area contributed by atoms with Crippen molar-refractivity contribution in [1.82, 2.24) is 4.90 Å². The van der Waals surface area contributed by atoms with Gasteiger partial charge in [0.2, 0.25) is 5.91 Å². The zero-order chi connectivity index (χ0) is 16.8. The van der Waals surface area contributed by atoms with Crippen LogP contribution in [0.2, 0.25) is 0 Å². The van der Waals surface area contributed by atoms with Crippen LogP contribution < -0.4 is 10.1 Å². The van der Waals surface area contributed by atoms with Crippen molar-refractivity contribution in [1.29, 1.82) is 0 Å². The lowest BCUT2D eigenvalue weighted by Gasteiger charge is -2.20. The summed E-state index contributed by atoms with van der Waals surface area (Å²) in [7, 11) is 0. The predicted octanol–water partition coefficient (Wildman–Crippen LogP) is 2.87. The van der Waals surface area contributed by atoms with Crippen LogP contribution in [0, 0.1) is 0 Å². The van der Waals surface area contributed by atoms with E-state index in [0.717, 1.165) is 18.6 Å². The highest BCUT2D eigenvalue weighted by Crippen LogP contribution is 2.30. The summed E-state index contributed by atoms with van der Waals surface area (Å²) in [5, 5.41) is 12.0. The number of hydrogen-bond acceptors (Lipinski definition) is 4. The molecule has 0 unspecified atom stereocenters. The first-order chi connectivity index (χ1) is 11.8. The van der Waals surface area contributed by atoms with Crippen molar-refractivity contribution in [3.8, 4) is 11.5 Å². The zero-order valence-electron chi connectivity index (χ0n) is 13.5. The van der Waals surface area contributed by atoms with Crippen molar-refractivity contribution in [2.45, 2.75) is 18.9 Å². The van der Waals surface area contributed by atoms with E-state index in [4.69, 9.17) is 9.84 Å². The Hall–Kier alpha value is -2.37. The number of hydrogen-bond donors (Lipinski definition) is 2. The summed E-state index contributed by atoms with van der Waals surface area (Å²) in [6, 6.07) is 17.3. The minimum absolute atomic E-state index is 0.0669. The van der Waals surface area contributed by atoms with Gasteiger partial charge < -0.3 is 15.2 Å². The third-order valence-corrected chi connectivity index (χ3v) is 3.93. The maximum Gasteiger partial charge on any atom is 0.238 e. The SMILES string of the molecule is O=C(CN(CCO)C1CC1)Nc1ccccc1Oc1ccccc1. The van der Waals surface area contributed by atoms with Gasteiger partial charge in [-0.1, -0.05) is 30.3 Å². The number of nitrogens with zero attached hydrogens (tertiary/aromatic N) is 1. The number of aliphatic hydroxyl groups is 1. The van der Waals surface area contributed by atoms with Crippen LogP contribution in [-0.4, -0.2) is 41.7 Å². The van der Waals surface area contributed by atoms with E-state index in [2.05, 4.69) is 5.32 Å². The average molecular weight is 326 g/mol. The molecule has 2 aromatic rings. The van der Waals surface area contributed by atoms with Crippen molar-refractivity contribution in [3.63, 3.8) is 0 Å². The molecule has 5 heteroatoms. The summed E-state index contributed by atoms with van der Waals surface area (Å²) in [4.78, 5) is 14.4. The minimum atomic E-state index is -0.0977. The molecule has 0 saturated heterocycles. The van der Waals surface area contributed by atoms with Crippen LogP contribution in [0.25, 0.3) is 0 Å². The van der Waals surface area contributed by atoms with Crippen LogP contribution in [0.4, 0.5) is 5.69 Å². The summed E-state index contributed by atoms with van der Waals surface area (Å²) in [6.45, 7) is 0.878. The molecule has 1 amide bonds. The van der Waals surface area contributed by atoms with Gasteiger partial charge in [-0.05, 0) is 37.1 Å². The number of nitrogens with one attached hydrogen (secondary N) is 1. The first-order valence-electron chi connectivity index (χ1n) is 8.23. The van der Waals surface area contributed by atoms with Crippen molar-refractivity contribution < 1.29 is 14.6 Å². The third-order valence-electron chi connectivity index (χ3n) is 3.93. The highest BCUT2D eigenvalue weighted by molar-refractivity contribution is 5.93. The Morgan fingerprint density at radius 1 is 1.12 bits per heavy atom. The van der Waals surface area contributed by atoms with Crippen LogP contribution in [0.1, 0.15) is 12.8 Å². The van der Waals surface area contributed by atoms with Gasteiger partial charge in [0.15, 0.2) is 5.75 Å². The molecule has 3 rings (SSSR count). The molecule has 0 bridgehead atoms. The number of anilines is 1. The van der Waals surface area contributed by atoms with E-state index in [1.54, 1.807) is 0 Å². The van der Waals surface area contributed by atoms with E-state index in [0.29, 0.717) is 24.0 Å². The Morgan fingerprint density at radius 2 is 1.83 bits per heavy atom. The molecule has 24 heavy (non-hydrogen) atoms. The zero-order valence-corrected chi connectivity index (χ0v) is 13.5. The molecule has 0 radical (unpaired) electrons. The number of amides is 1. The number of para-hydroxylation sites is 3. The molecule has 126 valence electrons. The highest BCUT2D eigenvalue weighted by Gasteiger charge is 2.29. The summed E-state index contributed by atoms with van der Waals surface area (Å²) in [5.41, 5.74) is 0.645. The Balaban J connectivity index is 1.65. The molecule has 1 aliphatic rings. The Labute approximate surface area is 141 Å². The lowest BCUT2D eigenvalue weighted by molar-refractivity contribution is -0.117. The van der Waals surface area contributed by atoms with E-state index in [9.17, 15) is 4.79 Å². The maximum absolute atomic E-state index is 12.3. The number of aliphatic hydroxyl groups excluding tert-OH is 1. The van der Waals surface area contributed by atoms with Gasteiger partial charge in [-0.15, -0.1) is 0 Å². The molecule has 0 aromatic heterocycles. The molecule has 2 N–H and O–H groups in total. The van der Waals surface area contributed by atoms with E-state index in [-0.39, 0.29) is 19.1 Å². The Kier molecular flexibility index (Phi) is 5.46. The second kappa shape index (κ2) is 7.95. The molecule has 0 heterocycles. The fourth-order valence-electron chi connectivity index (χ4n) is 2.61. The molecule has 1 aliphatic carbocycles. The van der Waals surface area contributed by atoms with E-state index >= 15 is 0 Å². The van der Waals surface area contributed by atoms with Gasteiger partial charge in [0.25, 0.3) is 0 Å². The fourth-order valence-corrected chi connectivity index (χ4v) is 2.61. The number of carbonyl (C=O) groups excluding carboxylic acids is 1. The molecule has 1 fully saturated rings. The summed E-state index contributed by atoms with van der Waals surface area (Å²) >= 11 is 0. The number of carbonyl (C=O) groups is 1. The molecule has 0 atom stereocenters. The van der Waals surface area contributed by atoms with Gasteiger partial charge in [0.1, 0.15) is 5.75 Å². The van der Waals surface area contributed by atoms with Crippen LogP contribution in [0.5, 0.6) is 11.5 Å². The van der Waals surface area contributed by atoms with E-state index < -0.39 is 0 Å². The van der Waals surface area contributed by atoms with Crippen LogP contribution in [0.3, 0.4) is 0 Å². The van der Waals surface area contributed by atoms with Gasteiger partial charge in [-0.25, -0.2) is 0 Å². The molecule has 1 saturated carbocycles. The molecular formula is C19H22N2O3. The van der Waals surface area contributed by atoms with Gasteiger partial charge in [0.05, 0.1) is 18.8 Å². The number of ether oxygens (including phenoxy) is 1. The second-order valence-electron chi connectivity index (χ2n) is 5.88. The largest absolute Gasteiger partial charge is 0.455 e. The van der Waals surface area contributed by atoms with Crippen molar-refractivity contribution in [2.75, 3.05) is 25.0 Å². The van der Waals surface area contributed by atoms with E-state index in [1.807, 2.05) is 59.5 Å². The topological polar surface area (TPSA) is 61.8 Å². The lowest BCUT2D eigenvalue weighted by atomic mass is 10.2. The van der Waals surface area contributed by atoms with Crippen molar-refractivity contribution in [2.24, 2.45) is 0 Å². The highest BCUT2D eigenvalue weighted by atomic mass is 16.5. The van der Waals surface area contributed by atoms with Gasteiger partial charge >= 0.3 is 0 Å². The Bertz CT molecular complexity index is 671. The van der Waals surface area contributed by atoms with Gasteiger partial charge in [0, 0.05) is 12.6 Å². The summed E-state index contributed by atoms with van der Waals surface area (Å²) < 4.78 is 5.85. The molecule has 0 spiro atoms. The first kappa shape index (κ1) is 16.5. The maximum atomic E-state index is 12.3. The summed E-state index contributed by atoms with van der Waals surface area (Å²) in [5.74, 6) is 1.23. The first-order valence-corrected chi connectivity index (χ1v) is 8.23. The smallest absolute Gasteiger partial charge is 0.238 e. The predicted molar refractivity (Wildman–Crippen MR) is 93.3 cm³/mol. The normalized spacial score (nSPS) is 13.8. The second-order valence-corrected chi connectivity index (χ2v) is 5.88. The molecular weight excluding hydrogens is 304 g/mol. The fraction of sp³-hybridized carbons (Fsp3) is 0.316. The van der Waals surface area contributed by atoms with E-state index in [1.165, 1.54) is 0 Å². The molecule has 2 aromatic carbocycles. The molecule has 0 aliphatic heterocycles. The van der Waals surface area contributed by atoms with Gasteiger partial charge in [-0.2, -0.15) is 0 Å². The van der Waals surface area contributed by atoms with Crippen LogP contribution in [-0.2, 0) is 4.79 Å². The molecule has 5 nitrogen and oxygen atoms in total. The third kappa shape index (κ3) is 4.57. The average Bonchev–Trinajstić information content (AvgIpc) is 3.42. The van der Waals surface area contributed by atoms with Crippen molar-refractivity contribution >= 4 is 11.6 Å². The quantitative estimate of drug-likeness (QED) is 0.783. The number of benzene rings is 2.